The third-order valence-electron chi connectivity index (χ3n) is 7.00. The van der Waals surface area contributed by atoms with Crippen LogP contribution in [0, 0.1) is 5.82 Å². The van der Waals surface area contributed by atoms with Gasteiger partial charge in [0.2, 0.25) is 5.95 Å². The Morgan fingerprint density at radius 1 is 1.11 bits per heavy atom. The molecular weight excluding hydrogens is 475 g/mol. The van der Waals surface area contributed by atoms with Crippen LogP contribution < -0.4 is 10.6 Å². The Kier molecular flexibility index (Phi) is 5.61. The second kappa shape index (κ2) is 8.86. The van der Waals surface area contributed by atoms with Crippen molar-refractivity contribution in [1.82, 2.24) is 29.3 Å². The van der Waals surface area contributed by atoms with E-state index in [4.69, 9.17) is 10.2 Å². The van der Waals surface area contributed by atoms with E-state index < -0.39 is 5.60 Å². The first kappa shape index (κ1) is 23.4. The molecule has 5 heterocycles. The molecule has 0 aliphatic carbocycles. The number of piperazine rings is 1. The van der Waals surface area contributed by atoms with Gasteiger partial charge in [0.25, 0.3) is 0 Å². The van der Waals surface area contributed by atoms with Crippen molar-refractivity contribution in [2.45, 2.75) is 26.0 Å². The van der Waals surface area contributed by atoms with Crippen molar-refractivity contribution in [3.63, 3.8) is 0 Å². The molecule has 0 unspecified atom stereocenters. The van der Waals surface area contributed by atoms with Gasteiger partial charge in [-0.15, -0.1) is 0 Å². The van der Waals surface area contributed by atoms with Gasteiger partial charge in [-0.3, -0.25) is 4.90 Å². The van der Waals surface area contributed by atoms with Gasteiger partial charge in [-0.1, -0.05) is 6.07 Å². The molecule has 0 radical (unpaired) electrons. The summed E-state index contributed by atoms with van der Waals surface area (Å²) in [4.78, 5) is 8.96. The summed E-state index contributed by atoms with van der Waals surface area (Å²) in [6.07, 6.45) is 3.40. The van der Waals surface area contributed by atoms with Gasteiger partial charge in [0, 0.05) is 32.7 Å². The van der Waals surface area contributed by atoms with E-state index in [1.807, 2.05) is 22.9 Å². The summed E-state index contributed by atoms with van der Waals surface area (Å²) in [6, 6.07) is 10.6. The molecular formula is C26H29FN8O2. The highest BCUT2D eigenvalue weighted by Crippen LogP contribution is 2.28. The van der Waals surface area contributed by atoms with Gasteiger partial charge in [0.1, 0.15) is 11.5 Å². The highest BCUT2D eigenvalue weighted by molar-refractivity contribution is 5.93. The Labute approximate surface area is 212 Å². The normalized spacial score (nSPS) is 15.3. The van der Waals surface area contributed by atoms with Crippen LogP contribution in [0.25, 0.3) is 28.0 Å². The first-order chi connectivity index (χ1) is 17.8. The van der Waals surface area contributed by atoms with Crippen molar-refractivity contribution >= 4 is 28.2 Å². The molecule has 3 N–H and O–H groups in total. The first-order valence-electron chi connectivity index (χ1n) is 12.3. The van der Waals surface area contributed by atoms with E-state index in [9.17, 15) is 9.50 Å². The summed E-state index contributed by atoms with van der Waals surface area (Å²) >= 11 is 0. The molecule has 0 amide bonds. The minimum absolute atomic E-state index is 0.285. The molecule has 4 aromatic heterocycles. The van der Waals surface area contributed by atoms with Gasteiger partial charge in [0.15, 0.2) is 11.4 Å². The molecule has 1 fully saturated rings. The third kappa shape index (κ3) is 4.30. The van der Waals surface area contributed by atoms with Crippen molar-refractivity contribution in [2.75, 3.05) is 43.4 Å². The Hall–Kier alpha value is -3.96. The van der Waals surface area contributed by atoms with Crippen molar-refractivity contribution in [3.8, 4) is 11.5 Å². The average molecular weight is 505 g/mol. The number of nitrogens with zero attached hydrogens (tertiary/aromatic N) is 7. The summed E-state index contributed by atoms with van der Waals surface area (Å²) in [7, 11) is 0. The van der Waals surface area contributed by atoms with Crippen LogP contribution in [0.2, 0.25) is 0 Å². The molecule has 0 atom stereocenters. The van der Waals surface area contributed by atoms with Crippen LogP contribution in [-0.4, -0.2) is 67.1 Å². The fourth-order valence-corrected chi connectivity index (χ4v) is 4.88. The number of hydrogen-bond donors (Lipinski definition) is 2. The van der Waals surface area contributed by atoms with Gasteiger partial charge in [-0.25, -0.2) is 9.07 Å². The van der Waals surface area contributed by atoms with E-state index >= 15 is 0 Å². The van der Waals surface area contributed by atoms with Gasteiger partial charge < -0.3 is 20.2 Å². The summed E-state index contributed by atoms with van der Waals surface area (Å²) in [5, 5.41) is 20.1. The second-order valence-electron chi connectivity index (χ2n) is 9.93. The number of nitrogen functional groups attached to an aromatic ring is 1. The summed E-state index contributed by atoms with van der Waals surface area (Å²) in [5.74, 6) is 0.644. The number of fused-ring (bicyclic) bond motifs is 3. The molecule has 1 aromatic carbocycles. The zero-order valence-corrected chi connectivity index (χ0v) is 20.8. The van der Waals surface area contributed by atoms with E-state index in [1.54, 1.807) is 43.0 Å². The smallest absolute Gasteiger partial charge is 0.223 e. The molecule has 0 bridgehead atoms. The number of anilines is 2. The molecule has 192 valence electrons. The maximum absolute atomic E-state index is 14.8. The largest absolute Gasteiger partial charge is 0.463 e. The highest BCUT2D eigenvalue weighted by atomic mass is 19.1. The number of aromatic nitrogens is 5. The lowest BCUT2D eigenvalue weighted by Crippen LogP contribution is -2.47. The SMILES string of the molecule is CC(C)(O)c1ccc(N2CCN(CCn3ncc4c3nc(N)n3nc(-c5ccco5)cc43)CC2)c(F)c1. The predicted molar refractivity (Wildman–Crippen MR) is 139 cm³/mol. The predicted octanol–water partition coefficient (Wildman–Crippen LogP) is 3.11. The third-order valence-corrected chi connectivity index (χ3v) is 7.00. The number of nitrogens with two attached hydrogens (primary N) is 1. The molecule has 1 aliphatic rings. The molecule has 10 nitrogen and oxygen atoms in total. The lowest BCUT2D eigenvalue weighted by molar-refractivity contribution is 0.0782. The lowest BCUT2D eigenvalue weighted by atomic mass is 9.98. The fraction of sp³-hybridized carbons (Fsp3) is 0.346. The van der Waals surface area contributed by atoms with E-state index in [2.05, 4.69) is 25.0 Å². The number of rotatable bonds is 6. The number of halogens is 1. The molecule has 0 saturated carbocycles. The Bertz CT molecular complexity index is 1560. The first-order valence-corrected chi connectivity index (χ1v) is 12.3. The van der Waals surface area contributed by atoms with E-state index in [-0.39, 0.29) is 11.8 Å². The minimum Gasteiger partial charge on any atom is -0.463 e. The molecule has 11 heteroatoms. The second-order valence-corrected chi connectivity index (χ2v) is 9.93. The Morgan fingerprint density at radius 3 is 2.62 bits per heavy atom. The van der Waals surface area contributed by atoms with Crippen LogP contribution >= 0.6 is 0 Å². The quantitative estimate of drug-likeness (QED) is 0.363. The van der Waals surface area contributed by atoms with Crippen LogP contribution in [0.5, 0.6) is 0 Å². The lowest BCUT2D eigenvalue weighted by Gasteiger charge is -2.36. The molecule has 1 saturated heterocycles. The molecule has 6 rings (SSSR count). The van der Waals surface area contributed by atoms with Crippen molar-refractivity contribution in [3.05, 3.63) is 60.2 Å². The van der Waals surface area contributed by atoms with Crippen molar-refractivity contribution in [1.29, 1.82) is 0 Å². The maximum atomic E-state index is 14.8. The average Bonchev–Trinajstić information content (AvgIpc) is 3.62. The van der Waals surface area contributed by atoms with Gasteiger partial charge in [-0.2, -0.15) is 19.7 Å². The molecule has 37 heavy (non-hydrogen) atoms. The number of furan rings is 1. The van der Waals surface area contributed by atoms with Crippen LogP contribution in [0.3, 0.4) is 0 Å². The number of aliphatic hydroxyl groups is 1. The summed E-state index contributed by atoms with van der Waals surface area (Å²) in [6.45, 7) is 7.80. The highest BCUT2D eigenvalue weighted by Gasteiger charge is 2.23. The van der Waals surface area contributed by atoms with Crippen LogP contribution in [0.1, 0.15) is 19.4 Å². The standard InChI is InChI=1S/C26H29FN8O2/c1-26(2,36)17-5-6-21(19(27)14-17)33-10-7-32(8-11-33)9-12-34-24-18(16-29-34)22-15-20(23-4-3-13-37-23)31-35(22)25(28)30-24/h3-6,13-16,36H,7-12H2,1-2H3,(H2,28,30). The van der Waals surface area contributed by atoms with E-state index in [0.29, 0.717) is 34.9 Å². The number of hydrogen-bond acceptors (Lipinski definition) is 8. The van der Waals surface area contributed by atoms with Gasteiger partial charge in [0.05, 0.1) is 41.2 Å². The van der Waals surface area contributed by atoms with Crippen molar-refractivity contribution < 1.29 is 13.9 Å². The van der Waals surface area contributed by atoms with Gasteiger partial charge in [-0.05, 0) is 49.7 Å². The minimum atomic E-state index is -1.07. The summed E-state index contributed by atoms with van der Waals surface area (Å²) < 4.78 is 23.7. The van der Waals surface area contributed by atoms with Crippen LogP contribution in [0.15, 0.2) is 53.3 Å². The topological polar surface area (TPSA) is 114 Å². The van der Waals surface area contributed by atoms with Crippen LogP contribution in [0.4, 0.5) is 16.0 Å². The molecule has 5 aromatic rings. The number of benzene rings is 1. The van der Waals surface area contributed by atoms with Crippen molar-refractivity contribution in [2.24, 2.45) is 0 Å². The maximum Gasteiger partial charge on any atom is 0.223 e. The van der Waals surface area contributed by atoms with E-state index in [1.165, 1.54) is 6.07 Å². The Balaban J connectivity index is 1.14. The zero-order chi connectivity index (χ0) is 25.7. The van der Waals surface area contributed by atoms with Crippen LogP contribution in [-0.2, 0) is 12.1 Å². The summed E-state index contributed by atoms with van der Waals surface area (Å²) in [5.41, 5.74) is 8.52. The monoisotopic (exact) mass is 504 g/mol. The fourth-order valence-electron chi connectivity index (χ4n) is 4.88. The zero-order valence-electron chi connectivity index (χ0n) is 20.8. The molecule has 0 spiro atoms. The van der Waals surface area contributed by atoms with E-state index in [0.717, 1.165) is 43.6 Å². The molecule has 1 aliphatic heterocycles. The Morgan fingerprint density at radius 2 is 1.92 bits per heavy atom. The van der Waals surface area contributed by atoms with Gasteiger partial charge >= 0.3 is 0 Å².